The van der Waals surface area contributed by atoms with Crippen molar-refractivity contribution < 1.29 is 13.2 Å². The number of hydrogen-bond acceptors (Lipinski definition) is 3. The smallest absolute Gasteiger partial charge is 0.398 e. The van der Waals surface area contributed by atoms with Gasteiger partial charge in [0.25, 0.3) is 5.56 Å². The predicted molar refractivity (Wildman–Crippen MR) is 59.7 cm³/mol. The van der Waals surface area contributed by atoms with Crippen LogP contribution in [0.25, 0.3) is 11.3 Å². The number of halogens is 3. The first kappa shape index (κ1) is 12.2. The molecule has 0 atom stereocenters. The van der Waals surface area contributed by atoms with E-state index >= 15 is 0 Å². The fraction of sp³-hybridized carbons (Fsp3) is 0.0909. The van der Waals surface area contributed by atoms with Crippen LogP contribution in [0.1, 0.15) is 5.56 Å². The highest BCUT2D eigenvalue weighted by Gasteiger charge is 2.33. The van der Waals surface area contributed by atoms with Gasteiger partial charge in [0, 0.05) is 17.3 Å². The highest BCUT2D eigenvalue weighted by Crippen LogP contribution is 2.35. The summed E-state index contributed by atoms with van der Waals surface area (Å²) in [5, 5.41) is 5.81. The van der Waals surface area contributed by atoms with Gasteiger partial charge in [0.1, 0.15) is 0 Å². The molecule has 0 aliphatic rings. The fourth-order valence-corrected chi connectivity index (χ4v) is 1.47. The number of alkyl halides is 3. The summed E-state index contributed by atoms with van der Waals surface area (Å²) in [7, 11) is 0. The van der Waals surface area contributed by atoms with Gasteiger partial charge in [-0.1, -0.05) is 6.07 Å². The Kier molecular flexibility index (Phi) is 2.82. The number of nitrogens with two attached hydrogens (primary N) is 1. The lowest BCUT2D eigenvalue weighted by Gasteiger charge is -2.11. The van der Waals surface area contributed by atoms with Crippen LogP contribution in [0, 0.1) is 0 Å². The van der Waals surface area contributed by atoms with Gasteiger partial charge in [-0.3, -0.25) is 4.79 Å². The molecule has 94 valence electrons. The van der Waals surface area contributed by atoms with Crippen LogP contribution in [0.5, 0.6) is 0 Å². The molecular weight excluding hydrogens is 247 g/mol. The van der Waals surface area contributed by atoms with E-state index < -0.39 is 17.3 Å². The van der Waals surface area contributed by atoms with Crippen LogP contribution in [0.2, 0.25) is 0 Å². The number of aromatic nitrogens is 2. The molecule has 0 spiro atoms. The van der Waals surface area contributed by atoms with E-state index in [4.69, 9.17) is 5.73 Å². The SMILES string of the molecule is Nc1ccc(-c2ccc(=O)[nH]n2)cc1C(F)(F)F. The van der Waals surface area contributed by atoms with Gasteiger partial charge < -0.3 is 5.73 Å². The van der Waals surface area contributed by atoms with Crippen molar-refractivity contribution in [1.82, 2.24) is 10.2 Å². The summed E-state index contributed by atoms with van der Waals surface area (Å²) in [5.74, 6) is 0. The number of nitrogen functional groups attached to an aromatic ring is 1. The van der Waals surface area contributed by atoms with Gasteiger partial charge in [-0.2, -0.15) is 18.3 Å². The highest BCUT2D eigenvalue weighted by molar-refractivity contribution is 5.65. The van der Waals surface area contributed by atoms with Crippen LogP contribution >= 0.6 is 0 Å². The zero-order valence-electron chi connectivity index (χ0n) is 8.95. The van der Waals surface area contributed by atoms with Crippen molar-refractivity contribution in [2.45, 2.75) is 6.18 Å². The standard InChI is InChI=1S/C11H8F3N3O/c12-11(13,14)7-5-6(1-2-8(7)15)9-3-4-10(18)17-16-9/h1-5H,15H2,(H,17,18). The lowest BCUT2D eigenvalue weighted by Crippen LogP contribution is -2.10. The number of benzene rings is 1. The lowest BCUT2D eigenvalue weighted by molar-refractivity contribution is -0.136. The largest absolute Gasteiger partial charge is 0.418 e. The molecule has 0 saturated carbocycles. The first-order chi connectivity index (χ1) is 8.38. The van der Waals surface area contributed by atoms with Crippen molar-refractivity contribution in [1.29, 1.82) is 0 Å². The summed E-state index contributed by atoms with van der Waals surface area (Å²) in [6, 6.07) is 5.99. The van der Waals surface area contributed by atoms with Crippen LogP contribution in [-0.2, 0) is 6.18 Å². The molecule has 0 saturated heterocycles. The van der Waals surface area contributed by atoms with E-state index in [1.807, 2.05) is 0 Å². The average molecular weight is 255 g/mol. The zero-order chi connectivity index (χ0) is 13.3. The molecule has 0 amide bonds. The molecule has 1 heterocycles. The van der Waals surface area contributed by atoms with Crippen molar-refractivity contribution in [3.05, 3.63) is 46.2 Å². The molecule has 0 bridgehead atoms. The summed E-state index contributed by atoms with van der Waals surface area (Å²) >= 11 is 0. The number of rotatable bonds is 1. The summed E-state index contributed by atoms with van der Waals surface area (Å²) in [4.78, 5) is 10.8. The second kappa shape index (κ2) is 4.17. The molecule has 1 aromatic heterocycles. The van der Waals surface area contributed by atoms with Crippen molar-refractivity contribution in [2.75, 3.05) is 5.73 Å². The van der Waals surface area contributed by atoms with Crippen molar-refractivity contribution in [3.8, 4) is 11.3 Å². The van der Waals surface area contributed by atoms with Gasteiger partial charge in [0.15, 0.2) is 0 Å². The summed E-state index contributed by atoms with van der Waals surface area (Å²) in [6.45, 7) is 0. The monoisotopic (exact) mass is 255 g/mol. The van der Waals surface area contributed by atoms with E-state index in [0.717, 1.165) is 12.1 Å². The van der Waals surface area contributed by atoms with Crippen LogP contribution in [-0.4, -0.2) is 10.2 Å². The van der Waals surface area contributed by atoms with Gasteiger partial charge in [0.05, 0.1) is 11.3 Å². The predicted octanol–water partition coefficient (Wildman–Crippen LogP) is 2.04. The van der Waals surface area contributed by atoms with Crippen LogP contribution in [0.3, 0.4) is 0 Å². The topological polar surface area (TPSA) is 71.8 Å². The molecule has 0 unspecified atom stereocenters. The van der Waals surface area contributed by atoms with E-state index in [0.29, 0.717) is 0 Å². The summed E-state index contributed by atoms with van der Waals surface area (Å²) in [6.07, 6.45) is -4.53. The lowest BCUT2D eigenvalue weighted by atomic mass is 10.1. The number of nitrogens with one attached hydrogen (secondary N) is 1. The Morgan fingerprint density at radius 2 is 1.89 bits per heavy atom. The molecule has 4 nitrogen and oxygen atoms in total. The zero-order valence-corrected chi connectivity index (χ0v) is 8.95. The van der Waals surface area contributed by atoms with Crippen molar-refractivity contribution in [3.63, 3.8) is 0 Å². The molecule has 0 aliphatic heterocycles. The van der Waals surface area contributed by atoms with Gasteiger partial charge in [0.2, 0.25) is 0 Å². The second-order valence-electron chi connectivity index (χ2n) is 3.61. The van der Waals surface area contributed by atoms with Crippen LogP contribution in [0.15, 0.2) is 35.1 Å². The number of nitrogens with zero attached hydrogens (tertiary/aromatic N) is 1. The second-order valence-corrected chi connectivity index (χ2v) is 3.61. The van der Waals surface area contributed by atoms with E-state index in [1.165, 1.54) is 18.2 Å². The molecular formula is C11H8F3N3O. The van der Waals surface area contributed by atoms with E-state index in [2.05, 4.69) is 10.2 Å². The minimum atomic E-state index is -4.53. The Balaban J connectivity index is 2.54. The van der Waals surface area contributed by atoms with Crippen molar-refractivity contribution >= 4 is 5.69 Å². The van der Waals surface area contributed by atoms with Gasteiger partial charge in [-0.05, 0) is 18.2 Å². The molecule has 2 aromatic rings. The van der Waals surface area contributed by atoms with Crippen LogP contribution in [0.4, 0.5) is 18.9 Å². The Hall–Kier alpha value is -2.31. The minimum Gasteiger partial charge on any atom is -0.398 e. The number of aromatic amines is 1. The fourth-order valence-electron chi connectivity index (χ4n) is 1.47. The molecule has 0 fully saturated rings. The quantitative estimate of drug-likeness (QED) is 0.766. The Labute approximate surface area is 99.3 Å². The maximum atomic E-state index is 12.7. The Morgan fingerprint density at radius 3 is 2.44 bits per heavy atom. The molecule has 0 radical (unpaired) electrons. The third kappa shape index (κ3) is 2.34. The van der Waals surface area contributed by atoms with Gasteiger partial charge >= 0.3 is 6.18 Å². The maximum Gasteiger partial charge on any atom is 0.418 e. The van der Waals surface area contributed by atoms with Gasteiger partial charge in [-0.15, -0.1) is 0 Å². The molecule has 7 heteroatoms. The van der Waals surface area contributed by atoms with Crippen molar-refractivity contribution in [2.24, 2.45) is 0 Å². The number of anilines is 1. The van der Waals surface area contributed by atoms with E-state index in [-0.39, 0.29) is 16.9 Å². The first-order valence-corrected chi connectivity index (χ1v) is 4.91. The molecule has 1 aromatic carbocycles. The van der Waals surface area contributed by atoms with Crippen LogP contribution < -0.4 is 11.3 Å². The Bertz CT molecular complexity index is 614. The normalized spacial score (nSPS) is 11.5. The first-order valence-electron chi connectivity index (χ1n) is 4.91. The molecule has 2 rings (SSSR count). The third-order valence-corrected chi connectivity index (χ3v) is 2.33. The average Bonchev–Trinajstić information content (AvgIpc) is 2.29. The number of hydrogen-bond donors (Lipinski definition) is 2. The highest BCUT2D eigenvalue weighted by atomic mass is 19.4. The maximum absolute atomic E-state index is 12.7. The molecule has 3 N–H and O–H groups in total. The van der Waals surface area contributed by atoms with E-state index in [1.54, 1.807) is 0 Å². The number of H-pyrrole nitrogens is 1. The Morgan fingerprint density at radius 1 is 1.17 bits per heavy atom. The molecule has 18 heavy (non-hydrogen) atoms. The minimum absolute atomic E-state index is 0.229. The van der Waals surface area contributed by atoms with E-state index in [9.17, 15) is 18.0 Å². The van der Waals surface area contributed by atoms with Gasteiger partial charge in [-0.25, -0.2) is 5.10 Å². The molecule has 0 aliphatic carbocycles. The summed E-state index contributed by atoms with van der Waals surface area (Å²) in [5.41, 5.74) is 4.05. The summed E-state index contributed by atoms with van der Waals surface area (Å²) < 4.78 is 38.0. The third-order valence-electron chi connectivity index (χ3n) is 2.33.